The molecule has 7 nitrogen and oxygen atoms in total. The lowest BCUT2D eigenvalue weighted by molar-refractivity contribution is -0.127. The van der Waals surface area contributed by atoms with Gasteiger partial charge in [-0.1, -0.05) is 0 Å². The zero-order valence-corrected chi connectivity index (χ0v) is 14.8. The Morgan fingerprint density at radius 2 is 2.04 bits per heavy atom. The minimum atomic E-state index is -1.03. The third-order valence-corrected chi connectivity index (χ3v) is 5.55. The molecular formula is C18H25FN4O3. The van der Waals surface area contributed by atoms with E-state index in [0.29, 0.717) is 12.3 Å². The van der Waals surface area contributed by atoms with Crippen LogP contribution in [0.5, 0.6) is 5.88 Å². The monoisotopic (exact) mass is 364 g/mol. The molecule has 3 saturated heterocycles. The number of nitrogens with zero attached hydrogens (tertiary/aromatic N) is 3. The summed E-state index contributed by atoms with van der Waals surface area (Å²) >= 11 is 0. The molecule has 1 atom stereocenters. The van der Waals surface area contributed by atoms with Gasteiger partial charge in [-0.05, 0) is 12.8 Å². The lowest BCUT2D eigenvalue weighted by atomic mass is 9.79. The summed E-state index contributed by atoms with van der Waals surface area (Å²) in [7, 11) is 0. The van der Waals surface area contributed by atoms with Crippen molar-refractivity contribution in [3.63, 3.8) is 0 Å². The van der Waals surface area contributed by atoms with E-state index >= 15 is 0 Å². The molecular weight excluding hydrogens is 339 g/mol. The predicted molar refractivity (Wildman–Crippen MR) is 93.0 cm³/mol. The van der Waals surface area contributed by atoms with Crippen molar-refractivity contribution in [2.75, 3.05) is 31.2 Å². The van der Waals surface area contributed by atoms with Gasteiger partial charge in [0.2, 0.25) is 11.8 Å². The molecule has 0 aliphatic carbocycles. The molecule has 3 aliphatic heterocycles. The average molecular weight is 364 g/mol. The van der Waals surface area contributed by atoms with Gasteiger partial charge in [-0.15, -0.1) is 0 Å². The topological polar surface area (TPSA) is 76.6 Å². The third kappa shape index (κ3) is 3.90. The summed E-state index contributed by atoms with van der Waals surface area (Å²) in [6.07, 6.45) is 4.21. The van der Waals surface area contributed by atoms with E-state index in [0.717, 1.165) is 57.8 Å². The SMILES string of the molecule is O=C1CC(F)CC2(CCN(c3cc(OC4CCOCC4)ncn3)CC2)N1. The minimum Gasteiger partial charge on any atom is -0.474 e. The molecule has 142 valence electrons. The van der Waals surface area contributed by atoms with Crippen LogP contribution >= 0.6 is 0 Å². The number of halogens is 1. The van der Waals surface area contributed by atoms with Gasteiger partial charge in [0.15, 0.2) is 0 Å². The summed E-state index contributed by atoms with van der Waals surface area (Å²) in [4.78, 5) is 22.5. The highest BCUT2D eigenvalue weighted by Gasteiger charge is 2.42. The smallest absolute Gasteiger partial charge is 0.223 e. The van der Waals surface area contributed by atoms with Gasteiger partial charge in [0.1, 0.15) is 24.4 Å². The van der Waals surface area contributed by atoms with Crippen LogP contribution in [0.3, 0.4) is 0 Å². The number of nitrogens with one attached hydrogen (secondary N) is 1. The van der Waals surface area contributed by atoms with Crippen molar-refractivity contribution in [1.29, 1.82) is 0 Å². The maximum absolute atomic E-state index is 13.8. The van der Waals surface area contributed by atoms with Crippen molar-refractivity contribution in [2.24, 2.45) is 0 Å². The number of rotatable bonds is 3. The van der Waals surface area contributed by atoms with E-state index in [2.05, 4.69) is 20.2 Å². The number of alkyl halides is 1. The lowest BCUT2D eigenvalue weighted by Gasteiger charge is -2.45. The lowest BCUT2D eigenvalue weighted by Crippen LogP contribution is -2.59. The Labute approximate surface area is 152 Å². The zero-order chi connectivity index (χ0) is 18.0. The summed E-state index contributed by atoms with van der Waals surface area (Å²) in [6.45, 7) is 2.89. The molecule has 3 fully saturated rings. The molecule has 0 saturated carbocycles. The van der Waals surface area contributed by atoms with Gasteiger partial charge in [-0.25, -0.2) is 14.4 Å². The standard InChI is InChI=1S/C18H25FN4O3/c19-13-9-16(24)22-18(11-13)3-5-23(6-4-18)15-10-17(21-12-20-15)26-14-1-7-25-8-2-14/h10,12-14H,1-9,11H2,(H,22,24). The number of piperidine rings is 2. The Bertz CT molecular complexity index is 645. The first-order chi connectivity index (χ1) is 12.6. The first kappa shape index (κ1) is 17.5. The van der Waals surface area contributed by atoms with Crippen LogP contribution in [0.2, 0.25) is 0 Å². The summed E-state index contributed by atoms with van der Waals surface area (Å²) in [5, 5.41) is 3.02. The van der Waals surface area contributed by atoms with Crippen LogP contribution in [0.4, 0.5) is 10.2 Å². The molecule has 1 unspecified atom stereocenters. The number of hydrogen-bond acceptors (Lipinski definition) is 6. The van der Waals surface area contributed by atoms with Crippen LogP contribution in [-0.2, 0) is 9.53 Å². The summed E-state index contributed by atoms with van der Waals surface area (Å²) < 4.78 is 25.1. The maximum atomic E-state index is 13.8. The van der Waals surface area contributed by atoms with E-state index < -0.39 is 11.7 Å². The first-order valence-corrected chi connectivity index (χ1v) is 9.38. The van der Waals surface area contributed by atoms with E-state index in [1.807, 2.05) is 6.07 Å². The Morgan fingerprint density at radius 3 is 2.77 bits per heavy atom. The van der Waals surface area contributed by atoms with E-state index in [9.17, 15) is 9.18 Å². The highest BCUT2D eigenvalue weighted by Crippen LogP contribution is 2.34. The van der Waals surface area contributed by atoms with Crippen LogP contribution in [0.15, 0.2) is 12.4 Å². The number of ether oxygens (including phenoxy) is 2. The number of anilines is 1. The molecule has 26 heavy (non-hydrogen) atoms. The number of carbonyl (C=O) groups is 1. The highest BCUT2D eigenvalue weighted by molar-refractivity contribution is 5.78. The van der Waals surface area contributed by atoms with Gasteiger partial charge in [-0.3, -0.25) is 4.79 Å². The van der Waals surface area contributed by atoms with E-state index in [1.165, 1.54) is 6.33 Å². The van der Waals surface area contributed by atoms with Crippen molar-refractivity contribution >= 4 is 11.7 Å². The molecule has 1 aromatic heterocycles. The van der Waals surface area contributed by atoms with Gasteiger partial charge in [-0.2, -0.15) is 0 Å². The quantitative estimate of drug-likeness (QED) is 0.878. The second-order valence-corrected chi connectivity index (χ2v) is 7.47. The first-order valence-electron chi connectivity index (χ1n) is 9.38. The third-order valence-electron chi connectivity index (χ3n) is 5.55. The second kappa shape index (κ2) is 7.34. The number of carbonyl (C=O) groups excluding carboxylic acids is 1. The minimum absolute atomic E-state index is 0.00964. The summed E-state index contributed by atoms with van der Waals surface area (Å²) in [5.41, 5.74) is -0.403. The largest absolute Gasteiger partial charge is 0.474 e. The van der Waals surface area contributed by atoms with Crippen LogP contribution in [0, 0.1) is 0 Å². The molecule has 1 aromatic rings. The zero-order valence-electron chi connectivity index (χ0n) is 14.8. The molecule has 0 radical (unpaired) electrons. The fraction of sp³-hybridized carbons (Fsp3) is 0.722. The summed E-state index contributed by atoms with van der Waals surface area (Å²) in [5.74, 6) is 1.22. The number of hydrogen-bond donors (Lipinski definition) is 1. The van der Waals surface area contributed by atoms with Crippen molar-refractivity contribution in [1.82, 2.24) is 15.3 Å². The Morgan fingerprint density at radius 1 is 1.27 bits per heavy atom. The molecule has 4 heterocycles. The molecule has 1 spiro atoms. The maximum Gasteiger partial charge on any atom is 0.223 e. The van der Waals surface area contributed by atoms with E-state index in [-0.39, 0.29) is 18.4 Å². The van der Waals surface area contributed by atoms with Crippen molar-refractivity contribution in [3.8, 4) is 5.88 Å². The molecule has 1 amide bonds. The van der Waals surface area contributed by atoms with Crippen LogP contribution in [0.1, 0.15) is 38.5 Å². The van der Waals surface area contributed by atoms with Crippen LogP contribution in [0.25, 0.3) is 0 Å². The van der Waals surface area contributed by atoms with Crippen LogP contribution < -0.4 is 15.0 Å². The van der Waals surface area contributed by atoms with Gasteiger partial charge in [0.05, 0.1) is 19.6 Å². The Kier molecular flexibility index (Phi) is 4.93. The van der Waals surface area contributed by atoms with Gasteiger partial charge in [0, 0.05) is 44.0 Å². The molecule has 1 N–H and O–H groups in total. The van der Waals surface area contributed by atoms with Crippen molar-refractivity contribution in [3.05, 3.63) is 12.4 Å². The fourth-order valence-electron chi connectivity index (χ4n) is 4.12. The average Bonchev–Trinajstić information content (AvgIpc) is 2.62. The molecule has 0 aromatic carbocycles. The van der Waals surface area contributed by atoms with Gasteiger partial charge in [0.25, 0.3) is 0 Å². The normalized spacial score (nSPS) is 26.6. The molecule has 4 rings (SSSR count). The molecule has 8 heteroatoms. The fourth-order valence-corrected chi connectivity index (χ4v) is 4.12. The molecule has 3 aliphatic rings. The second-order valence-electron chi connectivity index (χ2n) is 7.47. The predicted octanol–water partition coefficient (Wildman–Crippen LogP) is 1.62. The number of aromatic nitrogens is 2. The van der Waals surface area contributed by atoms with Crippen LogP contribution in [-0.4, -0.2) is 60.0 Å². The van der Waals surface area contributed by atoms with Gasteiger partial charge < -0.3 is 19.7 Å². The Hall–Kier alpha value is -1.96. The van der Waals surface area contributed by atoms with Crippen molar-refractivity contribution in [2.45, 2.75) is 56.3 Å². The Balaban J connectivity index is 1.38. The summed E-state index contributed by atoms with van der Waals surface area (Å²) in [6, 6.07) is 1.87. The van der Waals surface area contributed by atoms with Crippen molar-refractivity contribution < 1.29 is 18.7 Å². The van der Waals surface area contributed by atoms with E-state index in [4.69, 9.17) is 9.47 Å². The van der Waals surface area contributed by atoms with Gasteiger partial charge >= 0.3 is 0 Å². The molecule has 0 bridgehead atoms. The van der Waals surface area contributed by atoms with E-state index in [1.54, 1.807) is 0 Å². The highest BCUT2D eigenvalue weighted by atomic mass is 19.1. The number of amides is 1.